The Kier molecular flexibility index (Phi) is 25.4. The summed E-state index contributed by atoms with van der Waals surface area (Å²) < 4.78 is 62.1. The summed E-state index contributed by atoms with van der Waals surface area (Å²) in [5, 5.41) is 132. The number of hydrogen-bond donors (Lipinski definition) is 13. The van der Waals surface area contributed by atoms with Crippen molar-refractivity contribution >= 4 is 53.7 Å². The highest BCUT2D eigenvalue weighted by atomic mass is 17.1. The smallest absolute Gasteiger partial charge is 0.343 e. The monoisotopic (exact) mass is 1730 g/mol. The van der Waals surface area contributed by atoms with Crippen molar-refractivity contribution in [3.63, 3.8) is 0 Å². The van der Waals surface area contributed by atoms with Gasteiger partial charge in [-0.25, -0.2) is 48.0 Å². The van der Waals surface area contributed by atoms with E-state index in [1.807, 2.05) is 13.8 Å². The van der Waals surface area contributed by atoms with Crippen LogP contribution in [0, 0.1) is 6.92 Å². The fourth-order valence-corrected chi connectivity index (χ4v) is 12.6. The van der Waals surface area contributed by atoms with Crippen molar-refractivity contribution in [2.75, 3.05) is 6.79 Å². The van der Waals surface area contributed by atoms with Gasteiger partial charge in [0.25, 0.3) is 0 Å². The van der Waals surface area contributed by atoms with E-state index in [-0.39, 0.29) is 73.8 Å². The van der Waals surface area contributed by atoms with Gasteiger partial charge in [-0.3, -0.25) is 5.26 Å². The number of esters is 9. The summed E-state index contributed by atoms with van der Waals surface area (Å²) in [6.45, 7) is 4.72. The van der Waals surface area contributed by atoms with Crippen molar-refractivity contribution in [3.8, 4) is 132 Å². The molecule has 0 amide bonds. The van der Waals surface area contributed by atoms with E-state index in [1.165, 1.54) is 24.3 Å². The highest BCUT2D eigenvalue weighted by molar-refractivity contribution is 6.00. The van der Waals surface area contributed by atoms with Crippen LogP contribution in [0.25, 0.3) is 0 Å². The molecule has 0 aliphatic heterocycles. The van der Waals surface area contributed by atoms with Crippen LogP contribution < -0.4 is 52.1 Å². The van der Waals surface area contributed by atoms with Gasteiger partial charge < -0.3 is 113 Å². The maximum absolute atomic E-state index is 14.6. The van der Waals surface area contributed by atoms with Gasteiger partial charge >= 0.3 is 53.7 Å². The van der Waals surface area contributed by atoms with Crippen LogP contribution >= 0.6 is 0 Å². The molecule has 642 valence electrons. The molecular formula is C93H66O34. The van der Waals surface area contributed by atoms with Gasteiger partial charge in [-0.15, -0.1) is 0 Å². The third kappa shape index (κ3) is 22.3. The number of carbonyl (C=O) groups excluding carboxylic acids is 9. The number of benzene rings is 13. The standard InChI is InChI=1S/C93H66O34/c1-46-12-48(24-75(13-46)119-91(113)56-29-77(121-85(107)50-16-62(96)34-63(97)17-50)42-78(30-56)122-86(108)51-18-64(98)35-65(99)19-51)83(127-115)47-4-6-58(7-5-47)93(2,3)59-8-10-72(11-9-59)118-89(111)55-27-81(125-90(112)54-25-73(116-45-117-74-39-70(104)38-71(105)40-74)41-76(26-54)120-84(106)49-14-60(94)33-61(95)15-49)44-82(28-55)126-92(114)57-31-79(123-87(109)52-20-66(100)36-67(101)21-52)43-80(32-57)124-88(110)53-22-68(102)37-69(103)23-53/h4-44,83,94-105,115H,45H2,1-3H3. The summed E-state index contributed by atoms with van der Waals surface area (Å²) in [7, 11) is 0. The number of phenolic OH excluding ortho intramolecular Hbond substituents is 12. The van der Waals surface area contributed by atoms with E-state index < -0.39 is 186 Å². The molecule has 0 aromatic heterocycles. The third-order valence-electron chi connectivity index (χ3n) is 18.4. The van der Waals surface area contributed by atoms with Crippen molar-refractivity contribution in [1.29, 1.82) is 0 Å². The van der Waals surface area contributed by atoms with Gasteiger partial charge in [0, 0.05) is 78.2 Å². The number of rotatable bonds is 27. The van der Waals surface area contributed by atoms with E-state index in [9.17, 15) is 110 Å². The first kappa shape index (κ1) is 87.0. The molecule has 0 fully saturated rings. The van der Waals surface area contributed by atoms with Crippen LogP contribution in [-0.2, 0) is 10.3 Å². The highest BCUT2D eigenvalue weighted by Gasteiger charge is 2.29. The maximum Gasteiger partial charge on any atom is 0.343 e. The molecule has 0 spiro atoms. The van der Waals surface area contributed by atoms with E-state index in [4.69, 9.17) is 57.0 Å². The molecule has 13 aromatic carbocycles. The zero-order chi connectivity index (χ0) is 90.8. The molecular weight excluding hydrogens is 1660 g/mol. The fourth-order valence-electron chi connectivity index (χ4n) is 12.6. The Balaban J connectivity index is 0.762. The molecule has 0 saturated heterocycles. The fraction of sp³-hybridized carbons (Fsp3) is 0.0645. The van der Waals surface area contributed by atoms with Crippen molar-refractivity contribution < 1.29 is 167 Å². The van der Waals surface area contributed by atoms with E-state index in [1.54, 1.807) is 49.4 Å². The molecule has 0 radical (unpaired) electrons. The molecule has 13 rings (SSSR count). The average Bonchev–Trinajstić information content (AvgIpc) is 0.759. The van der Waals surface area contributed by atoms with E-state index >= 15 is 0 Å². The number of phenols is 12. The van der Waals surface area contributed by atoms with Crippen molar-refractivity contribution in [2.45, 2.75) is 32.3 Å². The second-order valence-electron chi connectivity index (χ2n) is 28.4. The lowest BCUT2D eigenvalue weighted by molar-refractivity contribution is -0.270. The lowest BCUT2D eigenvalue weighted by atomic mass is 9.78. The normalized spacial score (nSPS) is 11.2. The molecule has 13 N–H and O–H groups in total. The molecule has 0 heterocycles. The van der Waals surface area contributed by atoms with E-state index in [2.05, 4.69) is 0 Å². The molecule has 1 unspecified atom stereocenters. The van der Waals surface area contributed by atoms with Gasteiger partial charge in [0.05, 0.1) is 50.1 Å². The van der Waals surface area contributed by atoms with Gasteiger partial charge in [-0.1, -0.05) is 56.3 Å². The lowest BCUT2D eigenvalue weighted by Crippen LogP contribution is -2.19. The predicted molar refractivity (Wildman–Crippen MR) is 437 cm³/mol. The SMILES string of the molecule is Cc1cc(OC(=O)c2cc(OC(=O)c3cc(O)cc(O)c3)cc(OC(=O)c3cc(O)cc(O)c3)c2)cc(C(OO)c2ccc(C(C)(C)c3ccc(OC(=O)c4cc(OC(=O)c5cc(OCOc6cc(O)cc(O)c6)cc(OC(=O)c6cc(O)cc(O)c6)c5)cc(OC(=O)c5cc(OC(=O)c6cc(O)cc(O)c6)cc(OC(=O)c6cc(O)cc(O)c6)c5)c4)cc3)cc2)c1. The predicted octanol–water partition coefficient (Wildman–Crippen LogP) is 14.8. The highest BCUT2D eigenvalue weighted by Crippen LogP contribution is 2.40. The quantitative estimate of drug-likeness (QED) is 0.00747. The van der Waals surface area contributed by atoms with Crippen molar-refractivity contribution in [3.05, 3.63) is 327 Å². The van der Waals surface area contributed by atoms with Crippen molar-refractivity contribution in [1.82, 2.24) is 0 Å². The maximum atomic E-state index is 14.6. The summed E-state index contributed by atoms with van der Waals surface area (Å²) >= 11 is 0. The second kappa shape index (κ2) is 37.1. The Morgan fingerprint density at radius 3 is 0.717 bits per heavy atom. The minimum absolute atomic E-state index is 0.0749. The van der Waals surface area contributed by atoms with E-state index in [0.29, 0.717) is 22.3 Å². The van der Waals surface area contributed by atoms with Crippen LogP contribution in [0.2, 0.25) is 0 Å². The van der Waals surface area contributed by atoms with Crippen LogP contribution in [0.3, 0.4) is 0 Å². The first-order chi connectivity index (χ1) is 60.4. The number of carbonyl (C=O) groups is 9. The molecule has 34 heteroatoms. The largest absolute Gasteiger partial charge is 0.508 e. The molecule has 1 atom stereocenters. The molecule has 34 nitrogen and oxygen atoms in total. The minimum atomic E-state index is -1.36. The number of aryl methyl sites for hydroxylation is 1. The molecule has 13 aromatic rings. The van der Waals surface area contributed by atoms with Crippen LogP contribution in [0.5, 0.6) is 132 Å². The number of ether oxygens (including phenoxy) is 11. The molecule has 0 bridgehead atoms. The zero-order valence-electron chi connectivity index (χ0n) is 65.8. The Hall–Kier alpha value is -17.8. The van der Waals surface area contributed by atoms with Crippen molar-refractivity contribution in [2.24, 2.45) is 0 Å². The van der Waals surface area contributed by atoms with Gasteiger partial charge in [-0.05, 0) is 168 Å². The Morgan fingerprint density at radius 2 is 0.449 bits per heavy atom. The van der Waals surface area contributed by atoms with Crippen LogP contribution in [-0.4, -0.2) is 127 Å². The van der Waals surface area contributed by atoms with E-state index in [0.717, 1.165) is 182 Å². The number of aromatic hydroxyl groups is 12. The van der Waals surface area contributed by atoms with Crippen LogP contribution in [0.1, 0.15) is 141 Å². The molecule has 0 aliphatic rings. The van der Waals surface area contributed by atoms with Crippen LogP contribution in [0.15, 0.2) is 249 Å². The summed E-state index contributed by atoms with van der Waals surface area (Å²) in [4.78, 5) is 130. The Labute approximate surface area is 715 Å². The summed E-state index contributed by atoms with van der Waals surface area (Å²) in [5.74, 6) is -20.6. The topological polar surface area (TPSA) is 527 Å². The first-order valence-corrected chi connectivity index (χ1v) is 37.1. The van der Waals surface area contributed by atoms with Gasteiger partial charge in [0.1, 0.15) is 138 Å². The van der Waals surface area contributed by atoms with Gasteiger partial charge in [0.2, 0.25) is 6.79 Å². The van der Waals surface area contributed by atoms with Crippen LogP contribution in [0.4, 0.5) is 0 Å². The molecule has 127 heavy (non-hydrogen) atoms. The summed E-state index contributed by atoms with van der Waals surface area (Å²) in [6.07, 6.45) is -1.22. The Morgan fingerprint density at radius 1 is 0.236 bits per heavy atom. The third-order valence-corrected chi connectivity index (χ3v) is 18.4. The molecule has 0 saturated carbocycles. The lowest BCUT2D eigenvalue weighted by Gasteiger charge is -2.27. The average molecular weight is 1730 g/mol. The molecule has 0 aliphatic carbocycles. The minimum Gasteiger partial charge on any atom is -0.508 e. The van der Waals surface area contributed by atoms with Gasteiger partial charge in [-0.2, -0.15) is 0 Å². The zero-order valence-corrected chi connectivity index (χ0v) is 65.8. The second-order valence-corrected chi connectivity index (χ2v) is 28.4. The van der Waals surface area contributed by atoms with Gasteiger partial charge in [0.15, 0.2) is 0 Å². The summed E-state index contributed by atoms with van der Waals surface area (Å²) in [5.41, 5.74) is -1.96. The summed E-state index contributed by atoms with van der Waals surface area (Å²) in [6, 6.07) is 47.3. The Bertz CT molecular complexity index is 6260. The number of hydrogen-bond acceptors (Lipinski definition) is 34. The first-order valence-electron chi connectivity index (χ1n) is 37.1.